The predicted octanol–water partition coefficient (Wildman–Crippen LogP) is 2.82. The highest BCUT2D eigenvalue weighted by molar-refractivity contribution is 5.39. The highest BCUT2D eigenvalue weighted by atomic mass is 15.2. The number of nitrogens with one attached hydrogen (secondary N) is 1. The predicted molar refractivity (Wildman–Crippen MR) is 95.1 cm³/mol. The van der Waals surface area contributed by atoms with Gasteiger partial charge in [0.1, 0.15) is 5.82 Å². The Labute approximate surface area is 143 Å². The van der Waals surface area contributed by atoms with E-state index in [0.29, 0.717) is 12.1 Å². The Bertz CT molecular complexity index is 694. The maximum atomic E-state index is 4.65. The quantitative estimate of drug-likeness (QED) is 0.941. The van der Waals surface area contributed by atoms with Gasteiger partial charge in [0, 0.05) is 37.2 Å². The van der Waals surface area contributed by atoms with Crippen molar-refractivity contribution in [2.75, 3.05) is 18.0 Å². The summed E-state index contributed by atoms with van der Waals surface area (Å²) in [6, 6.07) is 7.20. The first-order chi connectivity index (χ1) is 11.8. The molecule has 1 fully saturated rings. The SMILES string of the molecule is Cc1cccc(N2CCC(NC3CCCc4nccnc43)CC2)n1. The van der Waals surface area contributed by atoms with E-state index in [1.165, 1.54) is 24.2 Å². The van der Waals surface area contributed by atoms with Gasteiger partial charge in [-0.2, -0.15) is 0 Å². The number of aryl methyl sites for hydroxylation is 2. The molecule has 2 aromatic rings. The number of nitrogens with zero attached hydrogens (tertiary/aromatic N) is 4. The normalized spacial score (nSPS) is 21.5. The molecule has 2 aliphatic rings. The molecular weight excluding hydrogens is 298 g/mol. The first-order valence-electron chi connectivity index (χ1n) is 9.04. The summed E-state index contributed by atoms with van der Waals surface area (Å²) in [5.74, 6) is 1.11. The molecule has 5 nitrogen and oxygen atoms in total. The molecule has 2 aromatic heterocycles. The van der Waals surface area contributed by atoms with E-state index in [9.17, 15) is 0 Å². The van der Waals surface area contributed by atoms with Crippen LogP contribution in [0, 0.1) is 6.92 Å². The zero-order chi connectivity index (χ0) is 16.4. The third-order valence-electron chi connectivity index (χ3n) is 5.17. The fraction of sp³-hybridized carbons (Fsp3) is 0.526. The fourth-order valence-corrected chi connectivity index (χ4v) is 3.90. The standard InChI is InChI=1S/C19H25N5/c1-14-4-2-7-18(22-14)24-12-8-15(9-13-24)23-17-6-3-5-16-19(17)21-11-10-20-16/h2,4,7,10-11,15,17,23H,3,5-6,8-9,12-13H2,1H3. The molecule has 126 valence electrons. The molecule has 0 bridgehead atoms. The minimum atomic E-state index is 0.371. The van der Waals surface area contributed by atoms with Gasteiger partial charge in [-0.15, -0.1) is 0 Å². The van der Waals surface area contributed by atoms with Crippen LogP contribution in [-0.4, -0.2) is 34.1 Å². The first-order valence-corrected chi connectivity index (χ1v) is 9.04. The molecule has 0 spiro atoms. The first kappa shape index (κ1) is 15.5. The topological polar surface area (TPSA) is 53.9 Å². The molecule has 0 aromatic carbocycles. The van der Waals surface area contributed by atoms with Crippen LogP contribution in [0.3, 0.4) is 0 Å². The smallest absolute Gasteiger partial charge is 0.128 e. The summed E-state index contributed by atoms with van der Waals surface area (Å²) in [4.78, 5) is 16.2. The van der Waals surface area contributed by atoms with Crippen LogP contribution in [0.1, 0.15) is 48.8 Å². The van der Waals surface area contributed by atoms with Gasteiger partial charge in [-0.3, -0.25) is 9.97 Å². The number of pyridine rings is 1. The zero-order valence-electron chi connectivity index (χ0n) is 14.3. The molecule has 1 N–H and O–H groups in total. The Balaban J connectivity index is 1.37. The lowest BCUT2D eigenvalue weighted by molar-refractivity contribution is 0.339. The van der Waals surface area contributed by atoms with Gasteiger partial charge in [-0.05, 0) is 51.2 Å². The van der Waals surface area contributed by atoms with Gasteiger partial charge in [0.05, 0.1) is 17.4 Å². The van der Waals surface area contributed by atoms with Crippen molar-refractivity contribution in [3.63, 3.8) is 0 Å². The van der Waals surface area contributed by atoms with Gasteiger partial charge in [0.25, 0.3) is 0 Å². The van der Waals surface area contributed by atoms with E-state index in [1.807, 2.05) is 12.4 Å². The molecule has 0 amide bonds. The van der Waals surface area contributed by atoms with Gasteiger partial charge < -0.3 is 10.2 Å². The molecular formula is C19H25N5. The van der Waals surface area contributed by atoms with Crippen LogP contribution in [0.25, 0.3) is 0 Å². The van der Waals surface area contributed by atoms with Crippen molar-refractivity contribution in [2.45, 2.75) is 51.1 Å². The third kappa shape index (κ3) is 3.26. The Morgan fingerprint density at radius 1 is 1.08 bits per heavy atom. The van der Waals surface area contributed by atoms with E-state index in [4.69, 9.17) is 0 Å². The van der Waals surface area contributed by atoms with Gasteiger partial charge in [-0.25, -0.2) is 4.98 Å². The molecule has 1 aliphatic heterocycles. The van der Waals surface area contributed by atoms with Crippen LogP contribution in [0.15, 0.2) is 30.6 Å². The number of fused-ring (bicyclic) bond motifs is 1. The number of hydrogen-bond acceptors (Lipinski definition) is 5. The fourth-order valence-electron chi connectivity index (χ4n) is 3.90. The third-order valence-corrected chi connectivity index (χ3v) is 5.17. The second-order valence-electron chi connectivity index (χ2n) is 6.90. The van der Waals surface area contributed by atoms with E-state index in [0.717, 1.165) is 43.9 Å². The van der Waals surface area contributed by atoms with Crippen molar-refractivity contribution >= 4 is 5.82 Å². The van der Waals surface area contributed by atoms with Crippen molar-refractivity contribution < 1.29 is 0 Å². The number of rotatable bonds is 3. The largest absolute Gasteiger partial charge is 0.356 e. The maximum absolute atomic E-state index is 4.65. The van der Waals surface area contributed by atoms with Gasteiger partial charge >= 0.3 is 0 Å². The second kappa shape index (κ2) is 6.85. The van der Waals surface area contributed by atoms with Gasteiger partial charge in [-0.1, -0.05) is 6.07 Å². The minimum Gasteiger partial charge on any atom is -0.356 e. The number of hydrogen-bond donors (Lipinski definition) is 1. The lowest BCUT2D eigenvalue weighted by atomic mass is 9.93. The summed E-state index contributed by atoms with van der Waals surface area (Å²) in [5, 5.41) is 3.85. The van der Waals surface area contributed by atoms with E-state index in [-0.39, 0.29) is 0 Å². The lowest BCUT2D eigenvalue weighted by Crippen LogP contribution is -2.44. The van der Waals surface area contributed by atoms with Crippen molar-refractivity contribution in [2.24, 2.45) is 0 Å². The minimum absolute atomic E-state index is 0.371. The zero-order valence-corrected chi connectivity index (χ0v) is 14.3. The molecule has 3 heterocycles. The number of anilines is 1. The Hall–Kier alpha value is -2.01. The average Bonchev–Trinajstić information content (AvgIpc) is 2.63. The summed E-state index contributed by atoms with van der Waals surface area (Å²) in [7, 11) is 0. The van der Waals surface area contributed by atoms with Crippen LogP contribution in [0.5, 0.6) is 0 Å². The molecule has 1 unspecified atom stereocenters. The molecule has 1 aliphatic carbocycles. The van der Waals surface area contributed by atoms with E-state index < -0.39 is 0 Å². The molecule has 5 heteroatoms. The number of piperidine rings is 1. The summed E-state index contributed by atoms with van der Waals surface area (Å²) in [6.45, 7) is 4.18. The Morgan fingerprint density at radius 3 is 2.75 bits per heavy atom. The van der Waals surface area contributed by atoms with Crippen LogP contribution in [-0.2, 0) is 6.42 Å². The highest BCUT2D eigenvalue weighted by Gasteiger charge is 2.27. The summed E-state index contributed by atoms with van der Waals surface area (Å²) in [5.41, 5.74) is 3.44. The van der Waals surface area contributed by atoms with Crippen LogP contribution in [0.2, 0.25) is 0 Å². The lowest BCUT2D eigenvalue weighted by Gasteiger charge is -2.36. The second-order valence-corrected chi connectivity index (χ2v) is 6.90. The number of aromatic nitrogens is 3. The Kier molecular flexibility index (Phi) is 4.43. The molecule has 1 atom stereocenters. The molecule has 24 heavy (non-hydrogen) atoms. The van der Waals surface area contributed by atoms with Crippen molar-refractivity contribution in [3.05, 3.63) is 47.7 Å². The van der Waals surface area contributed by atoms with Crippen LogP contribution in [0.4, 0.5) is 5.82 Å². The average molecular weight is 323 g/mol. The van der Waals surface area contributed by atoms with Crippen LogP contribution < -0.4 is 10.2 Å². The summed E-state index contributed by atoms with van der Waals surface area (Å²) in [6.07, 6.45) is 9.39. The van der Waals surface area contributed by atoms with Crippen molar-refractivity contribution in [3.8, 4) is 0 Å². The van der Waals surface area contributed by atoms with Gasteiger partial charge in [0.2, 0.25) is 0 Å². The maximum Gasteiger partial charge on any atom is 0.128 e. The highest BCUT2D eigenvalue weighted by Crippen LogP contribution is 2.28. The van der Waals surface area contributed by atoms with Crippen molar-refractivity contribution in [1.82, 2.24) is 20.3 Å². The van der Waals surface area contributed by atoms with E-state index in [1.54, 1.807) is 0 Å². The molecule has 4 rings (SSSR count). The molecule has 1 saturated heterocycles. The van der Waals surface area contributed by atoms with E-state index >= 15 is 0 Å². The summed E-state index contributed by atoms with van der Waals surface area (Å²) >= 11 is 0. The van der Waals surface area contributed by atoms with Crippen molar-refractivity contribution in [1.29, 1.82) is 0 Å². The monoisotopic (exact) mass is 323 g/mol. The summed E-state index contributed by atoms with van der Waals surface area (Å²) < 4.78 is 0. The molecule has 0 saturated carbocycles. The van der Waals surface area contributed by atoms with Crippen LogP contribution >= 0.6 is 0 Å². The van der Waals surface area contributed by atoms with E-state index in [2.05, 4.69) is 50.3 Å². The Morgan fingerprint density at radius 2 is 1.92 bits per heavy atom. The molecule has 0 radical (unpaired) electrons. The van der Waals surface area contributed by atoms with Gasteiger partial charge in [0.15, 0.2) is 0 Å².